The molecule has 1 heterocycles. The normalized spacial score (nSPS) is 11.9. The molecule has 3 aromatic carbocycles. The van der Waals surface area contributed by atoms with Crippen LogP contribution in [-0.4, -0.2) is 34.1 Å². The van der Waals surface area contributed by atoms with Crippen molar-refractivity contribution in [3.8, 4) is 0 Å². The van der Waals surface area contributed by atoms with Gasteiger partial charge in [0.05, 0.1) is 43.0 Å². The summed E-state index contributed by atoms with van der Waals surface area (Å²) in [7, 11) is 1.66. The number of aromatic nitrogens is 2. The summed E-state index contributed by atoms with van der Waals surface area (Å²) in [6.45, 7) is 3.94. The van der Waals surface area contributed by atoms with Crippen molar-refractivity contribution in [3.63, 3.8) is 0 Å². The topological polar surface area (TPSA) is 100 Å². The molecule has 4 rings (SSSR count). The highest BCUT2D eigenvalue weighted by Crippen LogP contribution is 2.37. The number of halogens is 7. The number of anilines is 4. The lowest BCUT2D eigenvalue weighted by Crippen LogP contribution is -2.34. The van der Waals surface area contributed by atoms with Gasteiger partial charge in [-0.05, 0) is 42.0 Å². The third-order valence-corrected chi connectivity index (χ3v) is 7.48. The molecule has 2 amide bonds. The Kier molecular flexibility index (Phi) is 9.57. The predicted octanol–water partition coefficient (Wildman–Crippen LogP) is 8.11. The SMILES string of the molecule is Cn1c(Nc2c(Cl)ccc(CNC(=O)C(C)(C)C)c2Cl)nc2cc(C(=O)NCC(F)(F)F)c(Nc3ccc(F)c(Cl)c3)cc21. The van der Waals surface area contributed by atoms with E-state index in [1.54, 1.807) is 44.5 Å². The van der Waals surface area contributed by atoms with E-state index >= 15 is 0 Å². The van der Waals surface area contributed by atoms with Crippen LogP contribution < -0.4 is 21.3 Å². The van der Waals surface area contributed by atoms with E-state index < -0.39 is 29.9 Å². The zero-order chi connectivity index (χ0) is 32.6. The minimum Gasteiger partial charge on any atom is -0.355 e. The number of alkyl halides is 3. The van der Waals surface area contributed by atoms with Crippen LogP contribution in [0.3, 0.4) is 0 Å². The van der Waals surface area contributed by atoms with E-state index in [2.05, 4.69) is 20.9 Å². The lowest BCUT2D eigenvalue weighted by atomic mass is 9.95. The first-order valence-electron chi connectivity index (χ1n) is 13.0. The van der Waals surface area contributed by atoms with Crippen molar-refractivity contribution in [2.24, 2.45) is 12.5 Å². The number of imidazole rings is 1. The van der Waals surface area contributed by atoms with Crippen molar-refractivity contribution < 1.29 is 27.2 Å². The number of hydrogen-bond donors (Lipinski definition) is 4. The molecule has 0 bridgehead atoms. The van der Waals surface area contributed by atoms with Crippen molar-refractivity contribution in [1.29, 1.82) is 0 Å². The number of hydrogen-bond acceptors (Lipinski definition) is 5. The monoisotopic (exact) mass is 672 g/mol. The summed E-state index contributed by atoms with van der Waals surface area (Å²) < 4.78 is 53.9. The second-order valence-electron chi connectivity index (χ2n) is 10.9. The van der Waals surface area contributed by atoms with Crippen LogP contribution in [0.2, 0.25) is 15.1 Å². The van der Waals surface area contributed by atoms with Crippen molar-refractivity contribution >= 4 is 80.7 Å². The third kappa shape index (κ3) is 7.66. The minimum atomic E-state index is -4.64. The first kappa shape index (κ1) is 33.2. The minimum absolute atomic E-state index is 0.113. The molecule has 0 aliphatic heterocycles. The fourth-order valence-corrected chi connectivity index (χ4v) is 4.76. The van der Waals surface area contributed by atoms with Crippen LogP contribution in [0, 0.1) is 11.2 Å². The third-order valence-electron chi connectivity index (χ3n) is 6.44. The molecule has 0 fully saturated rings. The molecular formula is C29H27Cl3F4N6O2. The molecule has 4 aromatic rings. The number of carbonyl (C=O) groups excluding carboxylic acids is 2. The molecule has 0 spiro atoms. The van der Waals surface area contributed by atoms with E-state index in [0.29, 0.717) is 16.8 Å². The van der Waals surface area contributed by atoms with Crippen LogP contribution in [0.5, 0.6) is 0 Å². The molecule has 1 aromatic heterocycles. The molecule has 0 unspecified atom stereocenters. The first-order valence-corrected chi connectivity index (χ1v) is 14.2. The zero-order valence-corrected chi connectivity index (χ0v) is 26.1. The molecule has 4 N–H and O–H groups in total. The van der Waals surface area contributed by atoms with E-state index in [9.17, 15) is 27.2 Å². The maximum Gasteiger partial charge on any atom is 0.405 e. The Morgan fingerprint density at radius 3 is 2.27 bits per heavy atom. The van der Waals surface area contributed by atoms with Crippen LogP contribution in [0.25, 0.3) is 11.0 Å². The average Bonchev–Trinajstić information content (AvgIpc) is 3.23. The molecule has 0 saturated carbocycles. The van der Waals surface area contributed by atoms with Crippen molar-refractivity contribution in [2.75, 3.05) is 17.2 Å². The van der Waals surface area contributed by atoms with Crippen molar-refractivity contribution in [1.82, 2.24) is 20.2 Å². The smallest absolute Gasteiger partial charge is 0.355 e. The van der Waals surface area contributed by atoms with Gasteiger partial charge in [-0.15, -0.1) is 0 Å². The number of benzene rings is 3. The van der Waals surface area contributed by atoms with Gasteiger partial charge >= 0.3 is 6.18 Å². The zero-order valence-electron chi connectivity index (χ0n) is 23.8. The predicted molar refractivity (Wildman–Crippen MR) is 165 cm³/mol. The Bertz CT molecular complexity index is 1750. The van der Waals surface area contributed by atoms with Gasteiger partial charge < -0.3 is 25.8 Å². The maximum atomic E-state index is 13.7. The maximum absolute atomic E-state index is 13.7. The first-order chi connectivity index (χ1) is 20.4. The summed E-state index contributed by atoms with van der Waals surface area (Å²) in [4.78, 5) is 29.8. The standard InChI is InChI=1S/C29H27Cl3F4N6O2/c1-28(2,3)26(44)37-12-14-5-7-17(30)24(23(14)32)41-27-40-21-10-16(25(43)38-13-29(34,35)36)20(11-22(21)42(27)4)39-15-6-8-19(33)18(31)9-15/h5-11,39H,12-13H2,1-4H3,(H,37,44)(H,38,43)(H,40,41). The second-order valence-corrected chi connectivity index (χ2v) is 12.1. The van der Waals surface area contributed by atoms with Crippen molar-refractivity contribution in [3.05, 3.63) is 74.5 Å². The largest absolute Gasteiger partial charge is 0.405 e. The molecule has 15 heteroatoms. The van der Waals surface area contributed by atoms with Crippen LogP contribution in [0.15, 0.2) is 42.5 Å². The number of fused-ring (bicyclic) bond motifs is 1. The quantitative estimate of drug-likeness (QED) is 0.142. The lowest BCUT2D eigenvalue weighted by Gasteiger charge is -2.19. The van der Waals surface area contributed by atoms with Gasteiger partial charge in [0.15, 0.2) is 0 Å². The fraction of sp³-hybridized carbons (Fsp3) is 0.276. The van der Waals surface area contributed by atoms with Crippen LogP contribution in [0.4, 0.5) is 40.6 Å². The highest BCUT2D eigenvalue weighted by Gasteiger charge is 2.29. The summed E-state index contributed by atoms with van der Waals surface area (Å²) in [5.74, 6) is -1.62. The number of nitrogens with zero attached hydrogens (tertiary/aromatic N) is 2. The molecule has 0 atom stereocenters. The fourth-order valence-electron chi connectivity index (χ4n) is 4.05. The number of carbonyl (C=O) groups is 2. The number of rotatable bonds is 8. The molecule has 0 aliphatic rings. The van der Waals surface area contributed by atoms with E-state index in [1.165, 1.54) is 24.3 Å². The Morgan fingerprint density at radius 2 is 1.64 bits per heavy atom. The van der Waals surface area contributed by atoms with Crippen LogP contribution in [-0.2, 0) is 18.4 Å². The summed E-state index contributed by atoms with van der Waals surface area (Å²) in [6, 6.07) is 9.86. The number of amides is 2. The van der Waals surface area contributed by atoms with Crippen LogP contribution >= 0.6 is 34.8 Å². The van der Waals surface area contributed by atoms with Gasteiger partial charge in [0.25, 0.3) is 5.91 Å². The average molecular weight is 674 g/mol. The summed E-state index contributed by atoms with van der Waals surface area (Å²) in [6.07, 6.45) is -4.64. The number of nitrogens with one attached hydrogen (secondary N) is 4. The van der Waals surface area contributed by atoms with Crippen molar-refractivity contribution in [2.45, 2.75) is 33.5 Å². The Balaban J connectivity index is 1.72. The summed E-state index contributed by atoms with van der Waals surface area (Å²) in [5.41, 5.74) is 1.26. The summed E-state index contributed by atoms with van der Waals surface area (Å²) >= 11 is 19.0. The van der Waals surface area contributed by atoms with Crippen LogP contribution in [0.1, 0.15) is 36.7 Å². The highest BCUT2D eigenvalue weighted by molar-refractivity contribution is 6.39. The van der Waals surface area contributed by atoms with Gasteiger partial charge in [0.2, 0.25) is 11.9 Å². The van der Waals surface area contributed by atoms with Gasteiger partial charge in [-0.3, -0.25) is 9.59 Å². The molecule has 44 heavy (non-hydrogen) atoms. The van der Waals surface area contributed by atoms with E-state index in [4.69, 9.17) is 34.8 Å². The Labute approximate surface area is 265 Å². The second kappa shape index (κ2) is 12.7. The van der Waals surface area contributed by atoms with Gasteiger partial charge in [-0.1, -0.05) is 61.6 Å². The molecule has 0 saturated heterocycles. The van der Waals surface area contributed by atoms with E-state index in [1.807, 2.05) is 5.32 Å². The number of aryl methyl sites for hydroxylation is 1. The molecule has 0 radical (unpaired) electrons. The molecule has 234 valence electrons. The van der Waals surface area contributed by atoms with Gasteiger partial charge in [0.1, 0.15) is 12.4 Å². The van der Waals surface area contributed by atoms with E-state index in [0.717, 1.165) is 6.07 Å². The van der Waals surface area contributed by atoms with Gasteiger partial charge in [-0.2, -0.15) is 13.2 Å². The lowest BCUT2D eigenvalue weighted by molar-refractivity contribution is -0.128. The van der Waals surface area contributed by atoms with Gasteiger partial charge in [-0.25, -0.2) is 9.37 Å². The highest BCUT2D eigenvalue weighted by atomic mass is 35.5. The Morgan fingerprint density at radius 1 is 0.932 bits per heavy atom. The van der Waals surface area contributed by atoms with Gasteiger partial charge in [0, 0.05) is 24.7 Å². The Hall–Kier alpha value is -3.74. The van der Waals surface area contributed by atoms with E-state index in [-0.39, 0.29) is 55.9 Å². The summed E-state index contributed by atoms with van der Waals surface area (Å²) in [5, 5.41) is 11.0. The molecule has 0 aliphatic carbocycles. The molecular weight excluding hydrogens is 647 g/mol. The molecule has 8 nitrogen and oxygen atoms in total.